The number of hydrogen-bond acceptors (Lipinski definition) is 3. The Kier molecular flexibility index (Phi) is 4.63. The van der Waals surface area contributed by atoms with E-state index in [0.29, 0.717) is 11.0 Å². The summed E-state index contributed by atoms with van der Waals surface area (Å²) in [6.45, 7) is 2.17. The monoisotopic (exact) mass is 290 g/mol. The van der Waals surface area contributed by atoms with Crippen LogP contribution in [0.1, 0.15) is 30.4 Å². The number of carbonyl (C=O) groups excluding carboxylic acids is 1. The van der Waals surface area contributed by atoms with Crippen LogP contribution in [0.5, 0.6) is 0 Å². The number of fused-ring (bicyclic) bond motifs is 1. The third-order valence-electron chi connectivity index (χ3n) is 4.12. The minimum atomic E-state index is 0.131. The zero-order valence-corrected chi connectivity index (χ0v) is 12.6. The van der Waals surface area contributed by atoms with Crippen LogP contribution in [0.2, 0.25) is 0 Å². The van der Waals surface area contributed by atoms with Gasteiger partial charge in [-0.1, -0.05) is 6.07 Å². The number of amides is 1. The number of hydrogen-bond donors (Lipinski definition) is 2. The van der Waals surface area contributed by atoms with Crippen molar-refractivity contribution in [3.05, 3.63) is 29.3 Å². The summed E-state index contributed by atoms with van der Waals surface area (Å²) in [5.41, 5.74) is 3.82. The summed E-state index contributed by atoms with van der Waals surface area (Å²) >= 11 is 1.80. The molecule has 1 amide bonds. The molecule has 1 fully saturated rings. The first kappa shape index (κ1) is 14.0. The first-order valence-electron chi connectivity index (χ1n) is 7.55. The van der Waals surface area contributed by atoms with Gasteiger partial charge >= 0.3 is 0 Å². The van der Waals surface area contributed by atoms with Crippen molar-refractivity contribution in [2.45, 2.75) is 37.4 Å². The maximum absolute atomic E-state index is 12.0. The van der Waals surface area contributed by atoms with E-state index >= 15 is 0 Å². The molecule has 0 unspecified atom stereocenters. The number of benzene rings is 1. The van der Waals surface area contributed by atoms with Crippen molar-refractivity contribution < 1.29 is 4.79 Å². The number of aryl methyl sites for hydroxylation is 2. The fraction of sp³-hybridized carbons (Fsp3) is 0.562. The van der Waals surface area contributed by atoms with Gasteiger partial charge in [-0.05, 0) is 68.5 Å². The molecule has 4 heteroatoms. The van der Waals surface area contributed by atoms with Gasteiger partial charge in [0.2, 0.25) is 5.91 Å². The van der Waals surface area contributed by atoms with Crippen LogP contribution >= 0.6 is 11.8 Å². The van der Waals surface area contributed by atoms with Crippen LogP contribution in [0, 0.1) is 0 Å². The maximum atomic E-state index is 12.0. The second kappa shape index (κ2) is 6.64. The van der Waals surface area contributed by atoms with Gasteiger partial charge in [0.05, 0.1) is 5.75 Å². The van der Waals surface area contributed by atoms with Gasteiger partial charge in [-0.2, -0.15) is 0 Å². The van der Waals surface area contributed by atoms with Crippen LogP contribution in [0.4, 0.5) is 5.69 Å². The van der Waals surface area contributed by atoms with E-state index in [1.165, 1.54) is 36.8 Å². The van der Waals surface area contributed by atoms with Gasteiger partial charge in [0.15, 0.2) is 0 Å². The molecule has 1 aromatic carbocycles. The number of rotatable bonds is 4. The van der Waals surface area contributed by atoms with E-state index in [2.05, 4.69) is 22.8 Å². The van der Waals surface area contributed by atoms with Crippen molar-refractivity contribution in [1.82, 2.24) is 5.32 Å². The molecule has 0 aromatic heterocycles. The minimum absolute atomic E-state index is 0.131. The Morgan fingerprint density at radius 3 is 2.90 bits per heavy atom. The lowest BCUT2D eigenvalue weighted by atomic mass is 10.1. The molecule has 1 heterocycles. The maximum Gasteiger partial charge on any atom is 0.234 e. The van der Waals surface area contributed by atoms with Gasteiger partial charge < -0.3 is 10.6 Å². The lowest BCUT2D eigenvalue weighted by Crippen LogP contribution is -2.30. The smallest absolute Gasteiger partial charge is 0.234 e. The fourth-order valence-corrected chi connectivity index (χ4v) is 4.03. The predicted octanol–water partition coefficient (Wildman–Crippen LogP) is 2.60. The van der Waals surface area contributed by atoms with Gasteiger partial charge in [-0.15, -0.1) is 11.8 Å². The summed E-state index contributed by atoms with van der Waals surface area (Å²) in [6.07, 6.45) is 5.95. The van der Waals surface area contributed by atoms with Gasteiger partial charge in [0.25, 0.3) is 0 Å². The lowest BCUT2D eigenvalue weighted by molar-refractivity contribution is -0.113. The van der Waals surface area contributed by atoms with E-state index in [-0.39, 0.29) is 5.91 Å². The quantitative estimate of drug-likeness (QED) is 0.895. The molecule has 20 heavy (non-hydrogen) atoms. The Balaban J connectivity index is 1.48. The molecule has 108 valence electrons. The van der Waals surface area contributed by atoms with Crippen molar-refractivity contribution in [3.63, 3.8) is 0 Å². The fourth-order valence-electron chi connectivity index (χ4n) is 3.00. The Morgan fingerprint density at radius 1 is 1.25 bits per heavy atom. The van der Waals surface area contributed by atoms with Crippen molar-refractivity contribution >= 4 is 23.4 Å². The molecule has 0 atom stereocenters. The van der Waals surface area contributed by atoms with E-state index in [1.54, 1.807) is 11.8 Å². The van der Waals surface area contributed by atoms with Crippen LogP contribution in [-0.4, -0.2) is 30.0 Å². The molecule has 2 N–H and O–H groups in total. The molecule has 1 saturated heterocycles. The number of anilines is 1. The lowest BCUT2D eigenvalue weighted by Gasteiger charge is -2.21. The summed E-state index contributed by atoms with van der Waals surface area (Å²) in [7, 11) is 0. The molecule has 0 radical (unpaired) electrons. The normalized spacial score (nSPS) is 18.8. The number of piperidine rings is 1. The van der Waals surface area contributed by atoms with E-state index in [0.717, 1.165) is 25.2 Å². The first-order valence-corrected chi connectivity index (χ1v) is 8.60. The highest BCUT2D eigenvalue weighted by molar-refractivity contribution is 8.00. The zero-order valence-electron chi connectivity index (χ0n) is 11.8. The Morgan fingerprint density at radius 2 is 2.05 bits per heavy atom. The van der Waals surface area contributed by atoms with Crippen LogP contribution in [-0.2, 0) is 17.6 Å². The Bertz CT molecular complexity index is 483. The second-order valence-corrected chi connectivity index (χ2v) is 6.93. The van der Waals surface area contributed by atoms with Crippen LogP contribution in [0.3, 0.4) is 0 Å². The molecule has 0 spiro atoms. The van der Waals surface area contributed by atoms with Crippen molar-refractivity contribution in [2.24, 2.45) is 0 Å². The molecular formula is C16H22N2OS. The molecule has 2 aliphatic rings. The zero-order chi connectivity index (χ0) is 13.8. The van der Waals surface area contributed by atoms with Gasteiger partial charge in [-0.3, -0.25) is 4.79 Å². The van der Waals surface area contributed by atoms with Crippen LogP contribution < -0.4 is 10.6 Å². The van der Waals surface area contributed by atoms with Gasteiger partial charge in [0.1, 0.15) is 0 Å². The Labute approximate surface area is 124 Å². The molecule has 1 aliphatic carbocycles. The second-order valence-electron chi connectivity index (χ2n) is 5.65. The van der Waals surface area contributed by atoms with E-state index < -0.39 is 0 Å². The largest absolute Gasteiger partial charge is 0.325 e. The summed E-state index contributed by atoms with van der Waals surface area (Å²) in [4.78, 5) is 12.0. The SMILES string of the molecule is O=C(CSC1CCNCC1)Nc1ccc2c(c1)CCC2. The van der Waals surface area contributed by atoms with Crippen molar-refractivity contribution in [2.75, 3.05) is 24.2 Å². The third kappa shape index (κ3) is 3.55. The summed E-state index contributed by atoms with van der Waals surface area (Å²) in [6, 6.07) is 6.35. The van der Waals surface area contributed by atoms with Crippen LogP contribution in [0.15, 0.2) is 18.2 Å². The van der Waals surface area contributed by atoms with Gasteiger partial charge in [-0.25, -0.2) is 0 Å². The molecule has 3 nitrogen and oxygen atoms in total. The molecule has 1 aromatic rings. The van der Waals surface area contributed by atoms with Crippen molar-refractivity contribution in [1.29, 1.82) is 0 Å². The molecule has 0 saturated carbocycles. The topological polar surface area (TPSA) is 41.1 Å². The average molecular weight is 290 g/mol. The van der Waals surface area contributed by atoms with Gasteiger partial charge in [0, 0.05) is 10.9 Å². The predicted molar refractivity (Wildman–Crippen MR) is 85.4 cm³/mol. The summed E-state index contributed by atoms with van der Waals surface area (Å²) < 4.78 is 0. The molecule has 3 rings (SSSR count). The summed E-state index contributed by atoms with van der Waals surface area (Å²) in [5.74, 6) is 0.702. The average Bonchev–Trinajstić information content (AvgIpc) is 2.94. The van der Waals surface area contributed by atoms with Crippen molar-refractivity contribution in [3.8, 4) is 0 Å². The van der Waals surface area contributed by atoms with Crippen LogP contribution in [0.25, 0.3) is 0 Å². The number of carbonyl (C=O) groups is 1. The molecule has 1 aliphatic heterocycles. The first-order chi connectivity index (χ1) is 9.81. The van der Waals surface area contributed by atoms with E-state index in [9.17, 15) is 4.79 Å². The number of thioether (sulfide) groups is 1. The molecule has 0 bridgehead atoms. The van der Waals surface area contributed by atoms with E-state index in [1.807, 2.05) is 6.07 Å². The van der Waals surface area contributed by atoms with E-state index in [4.69, 9.17) is 0 Å². The summed E-state index contributed by atoms with van der Waals surface area (Å²) in [5, 5.41) is 7.03. The number of nitrogens with one attached hydrogen (secondary N) is 2. The third-order valence-corrected chi connectivity index (χ3v) is 5.49. The highest BCUT2D eigenvalue weighted by Crippen LogP contribution is 2.25. The minimum Gasteiger partial charge on any atom is -0.325 e. The molecular weight excluding hydrogens is 268 g/mol. The highest BCUT2D eigenvalue weighted by Gasteiger charge is 2.16. The Hall–Kier alpha value is -1.00. The standard InChI is InChI=1S/C16H22N2OS/c19-16(11-20-15-6-8-17-9-7-15)18-14-5-4-12-2-1-3-13(12)10-14/h4-5,10,15,17H,1-3,6-9,11H2,(H,18,19). The highest BCUT2D eigenvalue weighted by atomic mass is 32.2.